The minimum absolute atomic E-state index is 0.0472. The zero-order valence-corrected chi connectivity index (χ0v) is 16.8. The zero-order chi connectivity index (χ0) is 20.5. The number of aromatic nitrogens is 2. The van der Waals surface area contributed by atoms with Crippen LogP contribution in [0, 0.1) is 6.92 Å². The maximum atomic E-state index is 11.9. The highest BCUT2D eigenvalue weighted by atomic mass is 16.5. The molecule has 0 radical (unpaired) electrons. The number of methoxy groups -OCH3 is 1. The summed E-state index contributed by atoms with van der Waals surface area (Å²) in [5.74, 6) is 2.60. The summed E-state index contributed by atoms with van der Waals surface area (Å²) in [6.07, 6.45) is 0. The van der Waals surface area contributed by atoms with Crippen LogP contribution in [0.5, 0.6) is 11.5 Å². The Balaban J connectivity index is 1.39. The Morgan fingerprint density at radius 1 is 1.14 bits per heavy atom. The van der Waals surface area contributed by atoms with Gasteiger partial charge < -0.3 is 29.7 Å². The van der Waals surface area contributed by atoms with E-state index in [1.54, 1.807) is 31.4 Å². The van der Waals surface area contributed by atoms with E-state index in [9.17, 15) is 4.79 Å². The molecule has 9 heteroatoms. The van der Waals surface area contributed by atoms with Gasteiger partial charge in [-0.3, -0.25) is 4.79 Å². The lowest BCUT2D eigenvalue weighted by Gasteiger charge is -2.28. The van der Waals surface area contributed by atoms with Crippen molar-refractivity contribution < 1.29 is 19.0 Å². The minimum atomic E-state index is -0.193. The van der Waals surface area contributed by atoms with E-state index in [4.69, 9.17) is 14.2 Å². The molecule has 0 atom stereocenters. The molecule has 2 aromatic rings. The van der Waals surface area contributed by atoms with Crippen LogP contribution in [0.4, 0.5) is 11.8 Å². The predicted molar refractivity (Wildman–Crippen MR) is 110 cm³/mol. The number of nitrogens with one attached hydrogen (secondary N) is 2. The van der Waals surface area contributed by atoms with Crippen molar-refractivity contribution in [2.45, 2.75) is 6.92 Å². The van der Waals surface area contributed by atoms with Crippen molar-refractivity contribution in [2.75, 3.05) is 63.3 Å². The summed E-state index contributed by atoms with van der Waals surface area (Å²) in [7, 11) is 1.60. The number of rotatable bonds is 9. The molecule has 29 heavy (non-hydrogen) atoms. The number of amides is 1. The summed E-state index contributed by atoms with van der Waals surface area (Å²) >= 11 is 0. The van der Waals surface area contributed by atoms with Crippen molar-refractivity contribution in [1.29, 1.82) is 0 Å². The zero-order valence-electron chi connectivity index (χ0n) is 16.8. The van der Waals surface area contributed by atoms with E-state index in [0.717, 1.165) is 30.4 Å². The van der Waals surface area contributed by atoms with Crippen LogP contribution in [0.1, 0.15) is 5.69 Å². The van der Waals surface area contributed by atoms with Gasteiger partial charge >= 0.3 is 0 Å². The fraction of sp³-hybridized carbons (Fsp3) is 0.450. The molecule has 3 rings (SSSR count). The number of anilines is 2. The van der Waals surface area contributed by atoms with E-state index in [0.29, 0.717) is 38.0 Å². The summed E-state index contributed by atoms with van der Waals surface area (Å²) in [4.78, 5) is 23.1. The molecule has 0 unspecified atom stereocenters. The van der Waals surface area contributed by atoms with Gasteiger partial charge in [-0.1, -0.05) is 0 Å². The van der Waals surface area contributed by atoms with Gasteiger partial charge in [0.2, 0.25) is 5.95 Å². The number of aryl methyl sites for hydroxylation is 1. The van der Waals surface area contributed by atoms with Crippen molar-refractivity contribution in [3.63, 3.8) is 0 Å². The Bertz CT molecular complexity index is 794. The number of hydrogen-bond acceptors (Lipinski definition) is 8. The van der Waals surface area contributed by atoms with Gasteiger partial charge in [-0.25, -0.2) is 4.98 Å². The molecule has 1 aliphatic rings. The van der Waals surface area contributed by atoms with Gasteiger partial charge in [-0.05, 0) is 31.2 Å². The van der Waals surface area contributed by atoms with Gasteiger partial charge in [0, 0.05) is 37.9 Å². The van der Waals surface area contributed by atoms with Crippen molar-refractivity contribution in [3.8, 4) is 11.5 Å². The van der Waals surface area contributed by atoms with Crippen molar-refractivity contribution in [3.05, 3.63) is 36.0 Å². The first kappa shape index (κ1) is 20.7. The Morgan fingerprint density at radius 2 is 1.86 bits per heavy atom. The molecule has 9 nitrogen and oxygen atoms in total. The van der Waals surface area contributed by atoms with Gasteiger partial charge in [0.25, 0.3) is 5.91 Å². The average molecular weight is 401 g/mol. The van der Waals surface area contributed by atoms with Crippen LogP contribution in [-0.4, -0.2) is 69.0 Å². The Morgan fingerprint density at radius 3 is 2.59 bits per heavy atom. The van der Waals surface area contributed by atoms with Crippen LogP contribution >= 0.6 is 0 Å². The van der Waals surface area contributed by atoms with E-state index in [1.807, 2.05) is 13.0 Å². The Kier molecular flexibility index (Phi) is 7.46. The first-order valence-electron chi connectivity index (χ1n) is 9.60. The van der Waals surface area contributed by atoms with Crippen LogP contribution in [-0.2, 0) is 9.53 Å². The molecule has 1 saturated heterocycles. The average Bonchev–Trinajstić information content (AvgIpc) is 2.76. The SMILES string of the molecule is COc1ccc(OCC(=O)NCCNc2nc(C)cc(N3CCOCC3)n2)cc1. The van der Waals surface area contributed by atoms with E-state index >= 15 is 0 Å². The first-order valence-corrected chi connectivity index (χ1v) is 9.60. The third-order valence-corrected chi connectivity index (χ3v) is 4.34. The molecule has 0 saturated carbocycles. The summed E-state index contributed by atoms with van der Waals surface area (Å²) in [6, 6.07) is 9.05. The van der Waals surface area contributed by atoms with E-state index in [-0.39, 0.29) is 12.5 Å². The number of carbonyl (C=O) groups is 1. The van der Waals surface area contributed by atoms with Gasteiger partial charge in [-0.2, -0.15) is 4.98 Å². The quantitative estimate of drug-likeness (QED) is 0.606. The van der Waals surface area contributed by atoms with Crippen molar-refractivity contribution >= 4 is 17.7 Å². The lowest BCUT2D eigenvalue weighted by atomic mass is 10.3. The summed E-state index contributed by atoms with van der Waals surface area (Å²) in [6.45, 7) is 5.89. The lowest BCUT2D eigenvalue weighted by molar-refractivity contribution is -0.123. The third kappa shape index (κ3) is 6.49. The van der Waals surface area contributed by atoms with Crippen LogP contribution in [0.2, 0.25) is 0 Å². The standard InChI is InChI=1S/C20H27N5O4/c1-15-13-18(25-9-11-28-12-10-25)24-20(23-15)22-8-7-21-19(26)14-29-17-5-3-16(27-2)4-6-17/h3-6,13H,7-12,14H2,1-2H3,(H,21,26)(H,22,23,24). The fourth-order valence-electron chi connectivity index (χ4n) is 2.83. The van der Waals surface area contributed by atoms with Crippen LogP contribution in [0.15, 0.2) is 30.3 Å². The van der Waals surface area contributed by atoms with Crippen LogP contribution in [0.25, 0.3) is 0 Å². The number of ether oxygens (including phenoxy) is 3. The minimum Gasteiger partial charge on any atom is -0.497 e. The molecule has 0 spiro atoms. The highest BCUT2D eigenvalue weighted by Crippen LogP contribution is 2.17. The summed E-state index contributed by atoms with van der Waals surface area (Å²) in [5.41, 5.74) is 0.890. The van der Waals surface area contributed by atoms with E-state index < -0.39 is 0 Å². The Labute approximate surface area is 170 Å². The molecule has 2 heterocycles. The van der Waals surface area contributed by atoms with Crippen LogP contribution < -0.4 is 25.0 Å². The second-order valence-corrected chi connectivity index (χ2v) is 6.53. The molecule has 2 N–H and O–H groups in total. The third-order valence-electron chi connectivity index (χ3n) is 4.34. The van der Waals surface area contributed by atoms with Crippen molar-refractivity contribution in [2.24, 2.45) is 0 Å². The molecule has 0 bridgehead atoms. The first-order chi connectivity index (χ1) is 14.1. The smallest absolute Gasteiger partial charge is 0.258 e. The number of hydrogen-bond donors (Lipinski definition) is 2. The monoisotopic (exact) mass is 401 g/mol. The Hall–Kier alpha value is -3.07. The molecular formula is C20H27N5O4. The van der Waals surface area contributed by atoms with Gasteiger partial charge in [0.15, 0.2) is 6.61 Å². The number of nitrogens with zero attached hydrogens (tertiary/aromatic N) is 3. The van der Waals surface area contributed by atoms with Gasteiger partial charge in [-0.15, -0.1) is 0 Å². The van der Waals surface area contributed by atoms with Crippen LogP contribution in [0.3, 0.4) is 0 Å². The van der Waals surface area contributed by atoms with Gasteiger partial charge in [0.1, 0.15) is 17.3 Å². The second kappa shape index (κ2) is 10.5. The van der Waals surface area contributed by atoms with Crippen molar-refractivity contribution in [1.82, 2.24) is 15.3 Å². The molecule has 156 valence electrons. The summed E-state index contributed by atoms with van der Waals surface area (Å²) in [5, 5.41) is 5.96. The highest BCUT2D eigenvalue weighted by Gasteiger charge is 2.14. The molecule has 1 fully saturated rings. The molecule has 1 aromatic carbocycles. The number of benzene rings is 1. The number of morpholine rings is 1. The number of carbonyl (C=O) groups excluding carboxylic acids is 1. The molecule has 0 aliphatic carbocycles. The highest BCUT2D eigenvalue weighted by molar-refractivity contribution is 5.77. The largest absolute Gasteiger partial charge is 0.497 e. The second-order valence-electron chi connectivity index (χ2n) is 6.53. The normalized spacial score (nSPS) is 13.7. The predicted octanol–water partition coefficient (Wildman–Crippen LogP) is 1.24. The lowest BCUT2D eigenvalue weighted by Crippen LogP contribution is -2.37. The molecule has 1 aromatic heterocycles. The fourth-order valence-corrected chi connectivity index (χ4v) is 2.83. The maximum absolute atomic E-state index is 11.9. The molecular weight excluding hydrogens is 374 g/mol. The molecule has 1 aliphatic heterocycles. The molecule has 1 amide bonds. The maximum Gasteiger partial charge on any atom is 0.258 e. The topological polar surface area (TPSA) is 97.8 Å². The van der Waals surface area contributed by atoms with Gasteiger partial charge in [0.05, 0.1) is 20.3 Å². The summed E-state index contributed by atoms with van der Waals surface area (Å²) < 4.78 is 15.9. The van der Waals surface area contributed by atoms with E-state index in [2.05, 4.69) is 25.5 Å². The van der Waals surface area contributed by atoms with E-state index in [1.165, 1.54) is 0 Å².